The number of aryl methyl sites for hydroxylation is 1. The van der Waals surface area contributed by atoms with Crippen LogP contribution in [0.15, 0.2) is 22.7 Å². The predicted molar refractivity (Wildman–Crippen MR) is 69.1 cm³/mol. The molecule has 96 valence electrons. The van der Waals surface area contributed by atoms with Crippen LogP contribution in [-0.4, -0.2) is 17.8 Å². The summed E-state index contributed by atoms with van der Waals surface area (Å²) in [6.07, 6.45) is 0. The normalized spacial score (nSPS) is 11.8. The van der Waals surface area contributed by atoms with Gasteiger partial charge in [0.15, 0.2) is 0 Å². The molecule has 0 spiro atoms. The molecule has 0 saturated heterocycles. The van der Waals surface area contributed by atoms with Crippen molar-refractivity contribution < 1.29 is 13.2 Å². The van der Waals surface area contributed by atoms with Gasteiger partial charge in [0, 0.05) is 23.3 Å². The maximum Gasteiger partial charge on any atom is 0.441 e. The lowest BCUT2D eigenvalue weighted by molar-refractivity contribution is -0.0327. The van der Waals surface area contributed by atoms with Gasteiger partial charge in [-0.2, -0.15) is 13.2 Å². The number of alkyl halides is 3. The Kier molecular flexibility index (Phi) is 5.82. The van der Waals surface area contributed by atoms with Crippen LogP contribution in [0, 0.1) is 6.92 Å². The largest absolute Gasteiger partial charge is 0.441 e. The zero-order valence-electron chi connectivity index (χ0n) is 9.27. The minimum absolute atomic E-state index is 0.00431. The van der Waals surface area contributed by atoms with E-state index in [0.717, 1.165) is 15.6 Å². The third kappa shape index (κ3) is 6.33. The summed E-state index contributed by atoms with van der Waals surface area (Å²) in [5.74, 6) is 0.0407. The molecule has 0 atom stereocenters. The molecule has 6 heteroatoms. The topological polar surface area (TPSA) is 12.0 Å². The zero-order valence-corrected chi connectivity index (χ0v) is 11.7. The number of nitrogens with one attached hydrogen (secondary N) is 1. The SMILES string of the molecule is Cc1cc(CNCCSC(F)(F)F)ccc1Br. The first kappa shape index (κ1) is 14.9. The van der Waals surface area contributed by atoms with Gasteiger partial charge < -0.3 is 5.32 Å². The fourth-order valence-corrected chi connectivity index (χ4v) is 2.01. The van der Waals surface area contributed by atoms with E-state index in [1.165, 1.54) is 0 Å². The molecule has 0 heterocycles. The number of halogens is 4. The second-order valence-corrected chi connectivity index (χ2v) is 5.57. The quantitative estimate of drug-likeness (QED) is 0.817. The van der Waals surface area contributed by atoms with Gasteiger partial charge >= 0.3 is 5.51 Å². The summed E-state index contributed by atoms with van der Waals surface area (Å²) >= 11 is 3.40. The molecular formula is C11H13BrF3NS. The van der Waals surface area contributed by atoms with Crippen LogP contribution in [0.25, 0.3) is 0 Å². The molecule has 0 unspecified atom stereocenters. The molecule has 0 saturated carbocycles. The van der Waals surface area contributed by atoms with E-state index < -0.39 is 5.51 Å². The number of hydrogen-bond donors (Lipinski definition) is 1. The van der Waals surface area contributed by atoms with E-state index in [0.29, 0.717) is 13.1 Å². The van der Waals surface area contributed by atoms with E-state index in [9.17, 15) is 13.2 Å². The fraction of sp³-hybridized carbons (Fsp3) is 0.455. The summed E-state index contributed by atoms with van der Waals surface area (Å²) in [6, 6.07) is 5.89. The van der Waals surface area contributed by atoms with Crippen molar-refractivity contribution in [3.63, 3.8) is 0 Å². The molecule has 0 aliphatic rings. The van der Waals surface area contributed by atoms with Crippen molar-refractivity contribution >= 4 is 27.7 Å². The summed E-state index contributed by atoms with van der Waals surface area (Å²) in [5, 5.41) is 2.98. The second kappa shape index (κ2) is 6.66. The smallest absolute Gasteiger partial charge is 0.312 e. The van der Waals surface area contributed by atoms with Crippen molar-refractivity contribution in [2.24, 2.45) is 0 Å². The Morgan fingerprint density at radius 1 is 1.35 bits per heavy atom. The molecule has 0 aliphatic carbocycles. The van der Waals surface area contributed by atoms with E-state index in [1.807, 2.05) is 25.1 Å². The summed E-state index contributed by atoms with van der Waals surface area (Å²) in [6.45, 7) is 2.92. The highest BCUT2D eigenvalue weighted by atomic mass is 79.9. The molecular weight excluding hydrogens is 315 g/mol. The molecule has 1 rings (SSSR count). The Morgan fingerprint density at radius 3 is 2.65 bits per heavy atom. The highest BCUT2D eigenvalue weighted by molar-refractivity contribution is 9.10. The number of benzene rings is 1. The van der Waals surface area contributed by atoms with Crippen LogP contribution < -0.4 is 5.32 Å². The van der Waals surface area contributed by atoms with Crippen LogP contribution >= 0.6 is 27.7 Å². The van der Waals surface area contributed by atoms with Gasteiger partial charge in [-0.25, -0.2) is 0 Å². The summed E-state index contributed by atoms with van der Waals surface area (Å²) in [5.41, 5.74) is -1.94. The first-order valence-electron chi connectivity index (χ1n) is 5.05. The van der Waals surface area contributed by atoms with Crippen LogP contribution in [0.1, 0.15) is 11.1 Å². The molecule has 0 bridgehead atoms. The van der Waals surface area contributed by atoms with Gasteiger partial charge in [0.25, 0.3) is 0 Å². The lowest BCUT2D eigenvalue weighted by Crippen LogP contribution is -2.18. The van der Waals surface area contributed by atoms with E-state index in [2.05, 4.69) is 21.2 Å². The van der Waals surface area contributed by atoms with Gasteiger partial charge in [-0.15, -0.1) is 0 Å². The molecule has 1 N–H and O–H groups in total. The van der Waals surface area contributed by atoms with E-state index in [-0.39, 0.29) is 17.5 Å². The van der Waals surface area contributed by atoms with Crippen molar-refractivity contribution in [3.05, 3.63) is 33.8 Å². The second-order valence-electron chi connectivity index (χ2n) is 3.55. The Morgan fingerprint density at radius 2 is 2.06 bits per heavy atom. The van der Waals surface area contributed by atoms with Crippen molar-refractivity contribution in [2.75, 3.05) is 12.3 Å². The van der Waals surface area contributed by atoms with Gasteiger partial charge in [0.1, 0.15) is 0 Å². The number of hydrogen-bond acceptors (Lipinski definition) is 2. The number of rotatable bonds is 5. The maximum atomic E-state index is 11.8. The summed E-state index contributed by atoms with van der Waals surface area (Å²) in [7, 11) is 0. The number of thioether (sulfide) groups is 1. The third-order valence-electron chi connectivity index (χ3n) is 2.10. The molecule has 1 aromatic carbocycles. The monoisotopic (exact) mass is 327 g/mol. The minimum atomic E-state index is -4.13. The van der Waals surface area contributed by atoms with Crippen LogP contribution in [0.4, 0.5) is 13.2 Å². The van der Waals surface area contributed by atoms with Gasteiger partial charge in [-0.1, -0.05) is 28.1 Å². The molecule has 1 aromatic rings. The molecule has 17 heavy (non-hydrogen) atoms. The van der Waals surface area contributed by atoms with Crippen LogP contribution in [0.2, 0.25) is 0 Å². The first-order chi connectivity index (χ1) is 7.88. The van der Waals surface area contributed by atoms with E-state index in [1.54, 1.807) is 0 Å². The van der Waals surface area contributed by atoms with Gasteiger partial charge in [0.2, 0.25) is 0 Å². The van der Waals surface area contributed by atoms with E-state index in [4.69, 9.17) is 0 Å². The Labute approximate surface area is 111 Å². The lowest BCUT2D eigenvalue weighted by Gasteiger charge is -2.08. The van der Waals surface area contributed by atoms with Gasteiger partial charge in [-0.05, 0) is 35.9 Å². The highest BCUT2D eigenvalue weighted by Gasteiger charge is 2.27. The van der Waals surface area contributed by atoms with Crippen molar-refractivity contribution in [2.45, 2.75) is 19.0 Å². The fourth-order valence-electron chi connectivity index (χ4n) is 1.29. The highest BCUT2D eigenvalue weighted by Crippen LogP contribution is 2.29. The Bertz CT molecular complexity index is 368. The van der Waals surface area contributed by atoms with Crippen molar-refractivity contribution in [1.82, 2.24) is 5.32 Å². The summed E-state index contributed by atoms with van der Waals surface area (Å²) in [4.78, 5) is 0. The van der Waals surface area contributed by atoms with Crippen LogP contribution in [0.5, 0.6) is 0 Å². The van der Waals surface area contributed by atoms with Crippen molar-refractivity contribution in [3.8, 4) is 0 Å². The molecule has 0 aliphatic heterocycles. The average molecular weight is 328 g/mol. The molecule has 0 radical (unpaired) electrons. The Balaban J connectivity index is 2.25. The third-order valence-corrected chi connectivity index (χ3v) is 3.72. The summed E-state index contributed by atoms with van der Waals surface area (Å²) < 4.78 is 36.5. The van der Waals surface area contributed by atoms with Crippen molar-refractivity contribution in [1.29, 1.82) is 0 Å². The van der Waals surface area contributed by atoms with Crippen LogP contribution in [-0.2, 0) is 6.54 Å². The minimum Gasteiger partial charge on any atom is -0.312 e. The van der Waals surface area contributed by atoms with Gasteiger partial charge in [-0.3, -0.25) is 0 Å². The molecule has 0 aromatic heterocycles. The Hall–Kier alpha value is -0.200. The van der Waals surface area contributed by atoms with Crippen LogP contribution in [0.3, 0.4) is 0 Å². The standard InChI is InChI=1S/C11H13BrF3NS/c1-8-6-9(2-3-10(8)12)7-16-4-5-17-11(13,14)15/h2-3,6,16H,4-5,7H2,1H3. The predicted octanol–water partition coefficient (Wildman–Crippen LogP) is 4.10. The molecule has 0 amide bonds. The van der Waals surface area contributed by atoms with E-state index >= 15 is 0 Å². The maximum absolute atomic E-state index is 11.8. The molecule has 0 fully saturated rings. The zero-order chi connectivity index (χ0) is 12.9. The molecule has 1 nitrogen and oxygen atoms in total. The first-order valence-corrected chi connectivity index (χ1v) is 6.83. The lowest BCUT2D eigenvalue weighted by atomic mass is 10.1. The van der Waals surface area contributed by atoms with Gasteiger partial charge in [0.05, 0.1) is 0 Å². The average Bonchev–Trinajstić information content (AvgIpc) is 2.21.